The molecule has 1 fully saturated rings. The van der Waals surface area contributed by atoms with Gasteiger partial charge in [0.1, 0.15) is 0 Å². The van der Waals surface area contributed by atoms with Crippen molar-refractivity contribution in [2.75, 3.05) is 12.4 Å². The summed E-state index contributed by atoms with van der Waals surface area (Å²) in [5, 5.41) is 1.15. The van der Waals surface area contributed by atoms with E-state index in [0.29, 0.717) is 22.4 Å². The Morgan fingerprint density at radius 2 is 2.25 bits per heavy atom. The van der Waals surface area contributed by atoms with Crippen LogP contribution in [0.5, 0.6) is 0 Å². The Morgan fingerprint density at radius 3 is 2.81 bits per heavy atom. The molecular weight excluding hydrogens is 267 g/mol. The topological polar surface area (TPSA) is 18.5 Å². The first kappa shape index (κ1) is 12.5. The minimum absolute atomic E-state index is 0.0000723. The van der Waals surface area contributed by atoms with Crippen LogP contribution in [0.4, 0.5) is 0 Å². The van der Waals surface area contributed by atoms with E-state index in [1.165, 1.54) is 0 Å². The van der Waals surface area contributed by atoms with Crippen LogP contribution < -0.4 is 0 Å². The molecule has 16 heavy (non-hydrogen) atoms. The van der Waals surface area contributed by atoms with E-state index in [1.807, 2.05) is 13.0 Å². The van der Waals surface area contributed by atoms with Crippen LogP contribution in [0.15, 0.2) is 18.2 Å². The fourth-order valence-corrected chi connectivity index (χ4v) is 2.49. The molecule has 1 aliphatic rings. The van der Waals surface area contributed by atoms with Crippen molar-refractivity contribution in [1.82, 2.24) is 0 Å². The summed E-state index contributed by atoms with van der Waals surface area (Å²) >= 11 is 16.2. The number of rotatable bonds is 2. The number of thiol groups is 1. The van der Waals surface area contributed by atoms with Crippen LogP contribution in [0.2, 0.25) is 10.0 Å². The van der Waals surface area contributed by atoms with Gasteiger partial charge in [0.25, 0.3) is 0 Å². The molecule has 0 amide bonds. The predicted octanol–water partition coefficient (Wildman–Crippen LogP) is 3.51. The second-order valence-electron chi connectivity index (χ2n) is 3.80. The largest absolute Gasteiger partial charge is 0.343 e. The third-order valence-electron chi connectivity index (χ3n) is 2.56. The van der Waals surface area contributed by atoms with Crippen LogP contribution in [-0.2, 0) is 15.3 Å². The Kier molecular flexibility index (Phi) is 3.72. The molecule has 0 aliphatic carbocycles. The third-order valence-corrected chi connectivity index (χ3v) is 3.52. The summed E-state index contributed by atoms with van der Waals surface area (Å²) in [6.07, 6.45) is 0.0000723. The predicted molar refractivity (Wildman–Crippen MR) is 68.5 cm³/mol. The monoisotopic (exact) mass is 278 g/mol. The maximum atomic E-state index is 6.13. The maximum absolute atomic E-state index is 6.13. The lowest BCUT2D eigenvalue weighted by atomic mass is 10.1. The van der Waals surface area contributed by atoms with Crippen molar-refractivity contribution < 1.29 is 9.47 Å². The summed E-state index contributed by atoms with van der Waals surface area (Å²) < 4.78 is 11.4. The molecule has 88 valence electrons. The number of hydrogen-bond acceptors (Lipinski definition) is 3. The quantitative estimate of drug-likeness (QED) is 0.835. The molecule has 1 aromatic carbocycles. The molecule has 0 spiro atoms. The average molecular weight is 279 g/mol. The first-order chi connectivity index (χ1) is 7.55. The molecule has 1 heterocycles. The van der Waals surface area contributed by atoms with Crippen molar-refractivity contribution in [1.29, 1.82) is 0 Å². The zero-order valence-corrected chi connectivity index (χ0v) is 11.1. The molecule has 0 radical (unpaired) electrons. The highest BCUT2D eigenvalue weighted by Crippen LogP contribution is 2.38. The van der Waals surface area contributed by atoms with Crippen molar-refractivity contribution >= 4 is 35.8 Å². The smallest absolute Gasteiger partial charge is 0.193 e. The van der Waals surface area contributed by atoms with Crippen molar-refractivity contribution in [3.8, 4) is 0 Å². The molecule has 5 heteroatoms. The summed E-state index contributed by atoms with van der Waals surface area (Å²) in [7, 11) is 0. The molecule has 0 N–H and O–H groups in total. The Morgan fingerprint density at radius 1 is 1.50 bits per heavy atom. The van der Waals surface area contributed by atoms with Crippen LogP contribution in [-0.4, -0.2) is 18.5 Å². The Labute approximate surface area is 110 Å². The highest BCUT2D eigenvalue weighted by Gasteiger charge is 2.39. The van der Waals surface area contributed by atoms with E-state index >= 15 is 0 Å². The number of halogens is 2. The molecule has 2 atom stereocenters. The van der Waals surface area contributed by atoms with E-state index in [2.05, 4.69) is 12.6 Å². The van der Waals surface area contributed by atoms with Crippen molar-refractivity contribution in [2.24, 2.45) is 0 Å². The lowest BCUT2D eigenvalue weighted by Crippen LogP contribution is -2.24. The molecule has 2 rings (SSSR count). The number of benzene rings is 1. The van der Waals surface area contributed by atoms with Crippen molar-refractivity contribution in [3.05, 3.63) is 33.8 Å². The lowest BCUT2D eigenvalue weighted by Gasteiger charge is -2.24. The molecule has 1 saturated heterocycles. The molecule has 0 saturated carbocycles. The maximum Gasteiger partial charge on any atom is 0.193 e. The fraction of sp³-hybridized carbons (Fsp3) is 0.455. The van der Waals surface area contributed by atoms with Crippen LogP contribution in [0, 0.1) is 0 Å². The Hall–Kier alpha value is 0.0700. The van der Waals surface area contributed by atoms with Gasteiger partial charge in [0, 0.05) is 16.3 Å². The second kappa shape index (κ2) is 4.75. The molecule has 2 nitrogen and oxygen atoms in total. The van der Waals surface area contributed by atoms with Gasteiger partial charge in [0.05, 0.1) is 17.7 Å². The van der Waals surface area contributed by atoms with E-state index in [1.54, 1.807) is 12.1 Å². The first-order valence-corrected chi connectivity index (χ1v) is 6.32. The van der Waals surface area contributed by atoms with Gasteiger partial charge in [-0.2, -0.15) is 12.6 Å². The molecule has 0 bridgehead atoms. The van der Waals surface area contributed by atoms with E-state index < -0.39 is 5.79 Å². The number of hydrogen-bond donors (Lipinski definition) is 1. The molecule has 0 aromatic heterocycles. The molecule has 1 aromatic rings. The van der Waals surface area contributed by atoms with E-state index in [-0.39, 0.29) is 6.10 Å². The standard InChI is InChI=1S/C11H12Cl2O2S/c1-11(14-5-8(6-16)15-11)9-3-2-7(12)4-10(9)13/h2-4,8,16H,5-6H2,1H3/t8-,11+/m1/s1. The van der Waals surface area contributed by atoms with Crippen LogP contribution in [0.1, 0.15) is 12.5 Å². The zero-order valence-electron chi connectivity index (χ0n) is 8.74. The van der Waals surface area contributed by atoms with Gasteiger partial charge in [0.2, 0.25) is 0 Å². The summed E-state index contributed by atoms with van der Waals surface area (Å²) in [5.74, 6) is -0.171. The van der Waals surface area contributed by atoms with Gasteiger partial charge in [0.15, 0.2) is 5.79 Å². The van der Waals surface area contributed by atoms with E-state index in [9.17, 15) is 0 Å². The second-order valence-corrected chi connectivity index (χ2v) is 5.01. The van der Waals surface area contributed by atoms with Crippen molar-refractivity contribution in [3.63, 3.8) is 0 Å². The first-order valence-electron chi connectivity index (χ1n) is 4.93. The van der Waals surface area contributed by atoms with Crippen LogP contribution in [0.25, 0.3) is 0 Å². The summed E-state index contributed by atoms with van der Waals surface area (Å²) in [6, 6.07) is 5.28. The van der Waals surface area contributed by atoms with Gasteiger partial charge in [-0.3, -0.25) is 0 Å². The van der Waals surface area contributed by atoms with Gasteiger partial charge >= 0.3 is 0 Å². The van der Waals surface area contributed by atoms with Gasteiger partial charge in [-0.05, 0) is 19.1 Å². The minimum Gasteiger partial charge on any atom is -0.343 e. The average Bonchev–Trinajstić information content (AvgIpc) is 2.61. The molecular formula is C11H12Cl2O2S. The molecule has 0 unspecified atom stereocenters. The SMILES string of the molecule is C[C@]1(c2ccc(Cl)cc2Cl)OC[C@H](CS)O1. The zero-order chi connectivity index (χ0) is 11.8. The Bertz CT molecular complexity index is 400. The van der Waals surface area contributed by atoms with Crippen LogP contribution in [0.3, 0.4) is 0 Å². The summed E-state index contributed by atoms with van der Waals surface area (Å²) in [5.41, 5.74) is 0.794. The number of ether oxygens (including phenoxy) is 2. The van der Waals surface area contributed by atoms with Gasteiger partial charge in [-0.15, -0.1) is 0 Å². The molecule has 1 aliphatic heterocycles. The highest BCUT2D eigenvalue weighted by molar-refractivity contribution is 7.80. The minimum atomic E-state index is -0.797. The summed E-state index contributed by atoms with van der Waals surface area (Å²) in [4.78, 5) is 0. The fourth-order valence-electron chi connectivity index (χ4n) is 1.73. The highest BCUT2D eigenvalue weighted by atomic mass is 35.5. The lowest BCUT2D eigenvalue weighted by molar-refractivity contribution is -0.159. The van der Waals surface area contributed by atoms with Crippen LogP contribution >= 0.6 is 35.8 Å². The van der Waals surface area contributed by atoms with E-state index in [0.717, 1.165) is 5.56 Å². The van der Waals surface area contributed by atoms with Crippen molar-refractivity contribution in [2.45, 2.75) is 18.8 Å². The third kappa shape index (κ3) is 2.34. The van der Waals surface area contributed by atoms with Gasteiger partial charge < -0.3 is 9.47 Å². The normalized spacial score (nSPS) is 29.6. The van der Waals surface area contributed by atoms with Gasteiger partial charge in [-0.25, -0.2) is 0 Å². The Balaban J connectivity index is 2.30. The van der Waals surface area contributed by atoms with E-state index in [4.69, 9.17) is 32.7 Å². The van der Waals surface area contributed by atoms with Gasteiger partial charge in [-0.1, -0.05) is 29.3 Å². The summed E-state index contributed by atoms with van der Waals surface area (Å²) in [6.45, 7) is 2.38.